The highest BCUT2D eigenvalue weighted by Crippen LogP contribution is 2.35. The van der Waals surface area contributed by atoms with Crippen molar-refractivity contribution in [2.75, 3.05) is 0 Å². The third-order valence-corrected chi connectivity index (χ3v) is 4.09. The minimum atomic E-state index is -1.02. The summed E-state index contributed by atoms with van der Waals surface area (Å²) < 4.78 is 0. The highest BCUT2D eigenvalue weighted by atomic mass is 16.4. The van der Waals surface area contributed by atoms with Gasteiger partial charge in [-0.15, -0.1) is 0 Å². The van der Waals surface area contributed by atoms with Gasteiger partial charge < -0.3 is 15.4 Å². The summed E-state index contributed by atoms with van der Waals surface area (Å²) >= 11 is 0. The number of aromatic amines is 1. The Balaban J connectivity index is 2.00. The summed E-state index contributed by atoms with van der Waals surface area (Å²) in [5, 5.41) is 11.9. The van der Waals surface area contributed by atoms with Crippen LogP contribution < -0.4 is 5.32 Å². The molecule has 6 nitrogen and oxygen atoms in total. The molecule has 3 N–H and O–H groups in total. The van der Waals surface area contributed by atoms with Crippen LogP contribution in [0.15, 0.2) is 12.5 Å². The lowest BCUT2D eigenvalue weighted by Crippen LogP contribution is -2.49. The van der Waals surface area contributed by atoms with Gasteiger partial charge in [0.25, 0.3) is 0 Å². The molecule has 0 radical (unpaired) electrons. The summed E-state index contributed by atoms with van der Waals surface area (Å²) in [5.41, 5.74) is 0.270. The Morgan fingerprint density at radius 3 is 2.70 bits per heavy atom. The number of imidazole rings is 1. The fourth-order valence-corrected chi connectivity index (χ4v) is 2.71. The topological polar surface area (TPSA) is 95.1 Å². The van der Waals surface area contributed by atoms with E-state index < -0.39 is 17.4 Å². The van der Waals surface area contributed by atoms with Crippen molar-refractivity contribution in [1.82, 2.24) is 15.3 Å². The van der Waals surface area contributed by atoms with Gasteiger partial charge in [-0.05, 0) is 12.8 Å². The number of nitrogens with zero attached hydrogens (tertiary/aromatic N) is 1. The van der Waals surface area contributed by atoms with E-state index in [1.54, 1.807) is 6.20 Å². The van der Waals surface area contributed by atoms with Gasteiger partial charge in [0.2, 0.25) is 5.91 Å². The Morgan fingerprint density at radius 1 is 1.45 bits per heavy atom. The number of carbonyl (C=O) groups excluding carboxylic acids is 1. The summed E-state index contributed by atoms with van der Waals surface area (Å²) in [6, 6.07) is -0.915. The van der Waals surface area contributed by atoms with E-state index in [1.807, 2.05) is 6.92 Å². The number of hydrogen-bond donors (Lipinski definition) is 3. The molecule has 0 saturated heterocycles. The Kier molecular flexibility index (Phi) is 4.42. The number of H-pyrrole nitrogens is 1. The molecule has 2 rings (SSSR count). The lowest BCUT2D eigenvalue weighted by atomic mass is 9.75. The number of aromatic nitrogens is 2. The Bertz CT molecular complexity index is 464. The number of aliphatic carboxylic acids is 1. The van der Waals surface area contributed by atoms with Crippen molar-refractivity contribution in [3.8, 4) is 0 Å². The molecule has 0 bridgehead atoms. The number of nitrogens with one attached hydrogen (secondary N) is 2. The van der Waals surface area contributed by atoms with E-state index in [0.29, 0.717) is 5.69 Å². The zero-order valence-electron chi connectivity index (χ0n) is 11.7. The van der Waals surface area contributed by atoms with E-state index in [4.69, 9.17) is 0 Å². The number of rotatable bonds is 5. The number of hydrogen-bond acceptors (Lipinski definition) is 3. The van der Waals surface area contributed by atoms with Crippen molar-refractivity contribution in [3.05, 3.63) is 18.2 Å². The smallest absolute Gasteiger partial charge is 0.326 e. The molecule has 0 aliphatic heterocycles. The third kappa shape index (κ3) is 3.37. The summed E-state index contributed by atoms with van der Waals surface area (Å²) in [7, 11) is 0. The largest absolute Gasteiger partial charge is 0.480 e. The zero-order valence-corrected chi connectivity index (χ0v) is 11.7. The molecule has 0 unspecified atom stereocenters. The monoisotopic (exact) mass is 279 g/mol. The van der Waals surface area contributed by atoms with Crippen LogP contribution in [-0.4, -0.2) is 33.0 Å². The first-order chi connectivity index (χ1) is 9.51. The first-order valence-corrected chi connectivity index (χ1v) is 7.02. The molecule has 1 heterocycles. The van der Waals surface area contributed by atoms with Gasteiger partial charge in [0, 0.05) is 23.7 Å². The molecule has 110 valence electrons. The van der Waals surface area contributed by atoms with Gasteiger partial charge in [-0.2, -0.15) is 0 Å². The van der Waals surface area contributed by atoms with Crippen LogP contribution in [0.5, 0.6) is 0 Å². The fraction of sp³-hybridized carbons (Fsp3) is 0.643. The van der Waals surface area contributed by atoms with Crippen molar-refractivity contribution >= 4 is 11.9 Å². The lowest BCUT2D eigenvalue weighted by molar-refractivity contribution is -0.144. The van der Waals surface area contributed by atoms with Crippen LogP contribution in [0.25, 0.3) is 0 Å². The number of carboxylic acids is 1. The Morgan fingerprint density at radius 2 is 2.15 bits per heavy atom. The minimum Gasteiger partial charge on any atom is -0.480 e. The molecule has 1 aromatic rings. The maximum Gasteiger partial charge on any atom is 0.326 e. The van der Waals surface area contributed by atoms with Gasteiger partial charge in [-0.1, -0.05) is 26.2 Å². The molecular formula is C14H21N3O3. The molecular weight excluding hydrogens is 258 g/mol. The molecule has 0 spiro atoms. The quantitative estimate of drug-likeness (QED) is 0.761. The fourth-order valence-electron chi connectivity index (χ4n) is 2.71. The molecule has 1 saturated carbocycles. The Labute approximate surface area is 118 Å². The normalized spacial score (nSPS) is 19.2. The second-order valence-corrected chi connectivity index (χ2v) is 5.77. The molecule has 1 aliphatic rings. The molecule has 1 aliphatic carbocycles. The molecule has 1 amide bonds. The summed E-state index contributed by atoms with van der Waals surface area (Å²) in [6.45, 7) is 1.93. The highest BCUT2D eigenvalue weighted by molar-refractivity contribution is 5.87. The summed E-state index contributed by atoms with van der Waals surface area (Å²) in [5.74, 6) is -1.17. The second kappa shape index (κ2) is 6.07. The number of carbonyl (C=O) groups is 2. The Hall–Kier alpha value is -1.85. The van der Waals surface area contributed by atoms with E-state index in [2.05, 4.69) is 15.3 Å². The van der Waals surface area contributed by atoms with Gasteiger partial charge >= 0.3 is 5.97 Å². The summed E-state index contributed by atoms with van der Waals surface area (Å²) in [4.78, 5) is 30.4. The SMILES string of the molecule is CC1(C(=O)N[C@@H](Cc2cnc[nH]2)C(=O)O)CCCCC1. The van der Waals surface area contributed by atoms with Gasteiger partial charge in [0.1, 0.15) is 6.04 Å². The number of carboxylic acid groups (broad SMARTS) is 1. The molecule has 1 aromatic heterocycles. The maximum absolute atomic E-state index is 12.4. The van der Waals surface area contributed by atoms with Crippen molar-refractivity contribution in [2.24, 2.45) is 5.41 Å². The lowest BCUT2D eigenvalue weighted by Gasteiger charge is -2.33. The van der Waals surface area contributed by atoms with Crippen LogP contribution in [0.1, 0.15) is 44.7 Å². The standard InChI is InChI=1S/C14H21N3O3/c1-14(5-3-2-4-6-14)13(20)17-11(12(18)19)7-10-8-15-9-16-10/h8-9,11H,2-7H2,1H3,(H,15,16)(H,17,20)(H,18,19)/t11-/m0/s1. The van der Waals surface area contributed by atoms with Crippen LogP contribution in [0.2, 0.25) is 0 Å². The molecule has 6 heteroatoms. The second-order valence-electron chi connectivity index (χ2n) is 5.77. The summed E-state index contributed by atoms with van der Waals surface area (Å²) in [6.07, 6.45) is 8.16. The van der Waals surface area contributed by atoms with E-state index >= 15 is 0 Å². The van der Waals surface area contributed by atoms with E-state index in [0.717, 1.165) is 32.1 Å². The molecule has 0 aromatic carbocycles. The maximum atomic E-state index is 12.4. The average Bonchev–Trinajstić information content (AvgIpc) is 2.91. The third-order valence-electron chi connectivity index (χ3n) is 4.09. The predicted octanol–water partition coefficient (Wildman–Crippen LogP) is 1.49. The van der Waals surface area contributed by atoms with Gasteiger partial charge in [0.05, 0.1) is 6.33 Å². The van der Waals surface area contributed by atoms with Crippen LogP contribution in [0.4, 0.5) is 0 Å². The van der Waals surface area contributed by atoms with Crippen molar-refractivity contribution < 1.29 is 14.7 Å². The molecule has 1 atom stereocenters. The van der Waals surface area contributed by atoms with E-state index in [9.17, 15) is 14.7 Å². The van der Waals surface area contributed by atoms with Gasteiger partial charge in [-0.3, -0.25) is 4.79 Å². The average molecular weight is 279 g/mol. The van der Waals surface area contributed by atoms with Crippen molar-refractivity contribution in [3.63, 3.8) is 0 Å². The molecule has 20 heavy (non-hydrogen) atoms. The van der Waals surface area contributed by atoms with E-state index in [-0.39, 0.29) is 12.3 Å². The zero-order chi connectivity index (χ0) is 14.6. The minimum absolute atomic E-state index is 0.149. The number of amides is 1. The van der Waals surface area contributed by atoms with Gasteiger partial charge in [0.15, 0.2) is 0 Å². The van der Waals surface area contributed by atoms with Crippen LogP contribution in [-0.2, 0) is 16.0 Å². The highest BCUT2D eigenvalue weighted by Gasteiger charge is 2.36. The van der Waals surface area contributed by atoms with Crippen LogP contribution in [0.3, 0.4) is 0 Å². The van der Waals surface area contributed by atoms with E-state index in [1.165, 1.54) is 6.33 Å². The van der Waals surface area contributed by atoms with Crippen molar-refractivity contribution in [1.29, 1.82) is 0 Å². The van der Waals surface area contributed by atoms with Crippen LogP contribution in [0, 0.1) is 5.41 Å². The first-order valence-electron chi connectivity index (χ1n) is 7.02. The van der Waals surface area contributed by atoms with Gasteiger partial charge in [-0.25, -0.2) is 9.78 Å². The van der Waals surface area contributed by atoms with Crippen molar-refractivity contribution in [2.45, 2.75) is 51.5 Å². The first kappa shape index (κ1) is 14.6. The molecule has 1 fully saturated rings. The van der Waals surface area contributed by atoms with Crippen LogP contribution >= 0.6 is 0 Å². The predicted molar refractivity (Wildman–Crippen MR) is 73.1 cm³/mol.